The van der Waals surface area contributed by atoms with Gasteiger partial charge in [-0.05, 0) is 48.4 Å². The molecule has 0 N–H and O–H groups in total. The van der Waals surface area contributed by atoms with E-state index in [1.165, 1.54) is 6.07 Å². The van der Waals surface area contributed by atoms with Gasteiger partial charge in [0.25, 0.3) is 0 Å². The van der Waals surface area contributed by atoms with E-state index in [0.717, 1.165) is 22.9 Å². The van der Waals surface area contributed by atoms with Crippen LogP contribution < -0.4 is 0 Å². The van der Waals surface area contributed by atoms with E-state index in [9.17, 15) is 4.39 Å². The van der Waals surface area contributed by atoms with Crippen LogP contribution in [-0.2, 0) is 0 Å². The fraction of sp³-hybridized carbons (Fsp3) is 0.500. The topological polar surface area (TPSA) is 0 Å². The smallest absolute Gasteiger partial charge is 0.126 e. The van der Waals surface area contributed by atoms with E-state index in [0.29, 0.717) is 5.92 Å². The molecule has 15 heavy (non-hydrogen) atoms. The molecule has 0 aromatic heterocycles. The molecule has 0 heterocycles. The molecule has 1 saturated carbocycles. The van der Waals surface area contributed by atoms with Crippen LogP contribution in [0.15, 0.2) is 22.7 Å². The van der Waals surface area contributed by atoms with Gasteiger partial charge in [-0.15, -0.1) is 11.6 Å². The van der Waals surface area contributed by atoms with Crippen LogP contribution in [0.4, 0.5) is 4.39 Å². The van der Waals surface area contributed by atoms with Gasteiger partial charge >= 0.3 is 0 Å². The van der Waals surface area contributed by atoms with Crippen LogP contribution in [0.5, 0.6) is 0 Å². The fourth-order valence-electron chi connectivity index (χ4n) is 2.35. The molecule has 1 aromatic carbocycles. The maximum Gasteiger partial charge on any atom is 0.126 e. The zero-order chi connectivity index (χ0) is 11.0. The lowest BCUT2D eigenvalue weighted by Crippen LogP contribution is -2.10. The first-order chi connectivity index (χ1) is 7.09. The number of alkyl halides is 1. The monoisotopic (exact) mass is 290 g/mol. The molecule has 3 heteroatoms. The number of rotatable bonds is 1. The van der Waals surface area contributed by atoms with E-state index in [2.05, 4.69) is 22.9 Å². The maximum absolute atomic E-state index is 13.7. The molecule has 0 bridgehead atoms. The average Bonchev–Trinajstić information content (AvgIpc) is 2.52. The second-order valence-electron chi connectivity index (χ2n) is 4.22. The summed E-state index contributed by atoms with van der Waals surface area (Å²) in [5.41, 5.74) is 0.806. The normalized spacial score (nSPS) is 30.8. The van der Waals surface area contributed by atoms with Gasteiger partial charge in [-0.3, -0.25) is 0 Å². The van der Waals surface area contributed by atoms with E-state index in [1.807, 2.05) is 6.07 Å². The second kappa shape index (κ2) is 4.42. The van der Waals surface area contributed by atoms with Crippen molar-refractivity contribution >= 4 is 27.5 Å². The van der Waals surface area contributed by atoms with Gasteiger partial charge in [0.05, 0.1) is 0 Å². The highest BCUT2D eigenvalue weighted by molar-refractivity contribution is 9.10. The zero-order valence-corrected chi connectivity index (χ0v) is 10.9. The van der Waals surface area contributed by atoms with Crippen LogP contribution in [0.1, 0.15) is 31.2 Å². The Kier molecular flexibility index (Phi) is 3.36. The summed E-state index contributed by atoms with van der Waals surface area (Å²) in [6.45, 7) is 2.11. The standard InChI is InChI=1S/C12H13BrClF/c1-7-9(3-4-11(7)14)10-6-8(13)2-5-12(10)15/h2,5-7,9,11H,3-4H2,1H3. The Morgan fingerprint density at radius 3 is 2.73 bits per heavy atom. The Balaban J connectivity index is 2.33. The van der Waals surface area contributed by atoms with Crippen LogP contribution in [0, 0.1) is 11.7 Å². The summed E-state index contributed by atoms with van der Waals surface area (Å²) in [4.78, 5) is 0. The molecule has 0 radical (unpaired) electrons. The van der Waals surface area contributed by atoms with E-state index in [1.54, 1.807) is 6.07 Å². The van der Waals surface area contributed by atoms with Gasteiger partial charge in [-0.25, -0.2) is 4.39 Å². The molecule has 1 fully saturated rings. The van der Waals surface area contributed by atoms with Crippen LogP contribution in [-0.4, -0.2) is 5.38 Å². The molecular weight excluding hydrogens is 278 g/mol. The molecule has 2 rings (SSSR count). The van der Waals surface area contributed by atoms with E-state index in [-0.39, 0.29) is 17.1 Å². The molecule has 0 nitrogen and oxygen atoms in total. The van der Waals surface area contributed by atoms with Gasteiger partial charge in [0, 0.05) is 9.85 Å². The van der Waals surface area contributed by atoms with Crippen molar-refractivity contribution < 1.29 is 4.39 Å². The molecule has 1 aromatic rings. The molecule has 82 valence electrons. The fourth-order valence-corrected chi connectivity index (χ4v) is 3.03. The van der Waals surface area contributed by atoms with Gasteiger partial charge in [-0.1, -0.05) is 22.9 Å². The molecule has 1 aliphatic carbocycles. The van der Waals surface area contributed by atoms with Crippen molar-refractivity contribution in [3.63, 3.8) is 0 Å². The number of hydrogen-bond acceptors (Lipinski definition) is 0. The van der Waals surface area contributed by atoms with Crippen molar-refractivity contribution in [2.75, 3.05) is 0 Å². The van der Waals surface area contributed by atoms with Gasteiger partial charge in [0.2, 0.25) is 0 Å². The minimum absolute atomic E-state index is 0.110. The van der Waals surface area contributed by atoms with E-state index >= 15 is 0 Å². The molecule has 0 spiro atoms. The summed E-state index contributed by atoms with van der Waals surface area (Å²) < 4.78 is 14.6. The van der Waals surface area contributed by atoms with Crippen molar-refractivity contribution in [2.45, 2.75) is 31.1 Å². The number of benzene rings is 1. The quantitative estimate of drug-likeness (QED) is 0.657. The summed E-state index contributed by atoms with van der Waals surface area (Å²) in [7, 11) is 0. The Labute approximate surface area is 103 Å². The van der Waals surface area contributed by atoms with Crippen LogP contribution in [0.3, 0.4) is 0 Å². The van der Waals surface area contributed by atoms with Gasteiger partial charge < -0.3 is 0 Å². The Bertz CT molecular complexity index is 367. The SMILES string of the molecule is CC1C(Cl)CCC1c1cc(Br)ccc1F. The average molecular weight is 292 g/mol. The summed E-state index contributed by atoms with van der Waals surface area (Å²) in [6, 6.07) is 5.13. The first kappa shape index (κ1) is 11.4. The van der Waals surface area contributed by atoms with Crippen molar-refractivity contribution in [1.82, 2.24) is 0 Å². The van der Waals surface area contributed by atoms with Crippen molar-refractivity contribution in [2.24, 2.45) is 5.92 Å². The van der Waals surface area contributed by atoms with Gasteiger partial charge in [0.1, 0.15) is 5.82 Å². The van der Waals surface area contributed by atoms with Crippen molar-refractivity contribution in [1.29, 1.82) is 0 Å². The maximum atomic E-state index is 13.7. The minimum atomic E-state index is -0.110. The van der Waals surface area contributed by atoms with Gasteiger partial charge in [-0.2, -0.15) is 0 Å². The minimum Gasteiger partial charge on any atom is -0.207 e. The molecule has 1 aliphatic rings. The Morgan fingerprint density at radius 1 is 1.40 bits per heavy atom. The predicted molar refractivity (Wildman–Crippen MR) is 64.9 cm³/mol. The molecular formula is C12H13BrClF. The first-order valence-corrected chi connectivity index (χ1v) is 6.41. The Hall–Kier alpha value is -0.0800. The molecule has 3 atom stereocenters. The summed E-state index contributed by atoms with van der Waals surface area (Å²) in [5.74, 6) is 0.515. The molecule has 3 unspecified atom stereocenters. The van der Waals surface area contributed by atoms with Crippen LogP contribution in [0.2, 0.25) is 0 Å². The lowest BCUT2D eigenvalue weighted by molar-refractivity contribution is 0.504. The van der Waals surface area contributed by atoms with E-state index in [4.69, 9.17) is 11.6 Å². The van der Waals surface area contributed by atoms with E-state index < -0.39 is 0 Å². The highest BCUT2D eigenvalue weighted by Crippen LogP contribution is 2.43. The van der Waals surface area contributed by atoms with Crippen molar-refractivity contribution in [3.8, 4) is 0 Å². The largest absolute Gasteiger partial charge is 0.207 e. The van der Waals surface area contributed by atoms with Crippen LogP contribution >= 0.6 is 27.5 Å². The Morgan fingerprint density at radius 2 is 2.13 bits per heavy atom. The molecule has 0 saturated heterocycles. The molecule has 0 amide bonds. The van der Waals surface area contributed by atoms with Gasteiger partial charge in [0.15, 0.2) is 0 Å². The highest BCUT2D eigenvalue weighted by Gasteiger charge is 2.33. The lowest BCUT2D eigenvalue weighted by Gasteiger charge is -2.18. The molecule has 0 aliphatic heterocycles. The zero-order valence-electron chi connectivity index (χ0n) is 8.51. The number of hydrogen-bond donors (Lipinski definition) is 0. The highest BCUT2D eigenvalue weighted by atomic mass is 79.9. The number of halogens is 3. The second-order valence-corrected chi connectivity index (χ2v) is 5.70. The summed E-state index contributed by atoms with van der Waals surface area (Å²) in [6.07, 6.45) is 1.97. The van der Waals surface area contributed by atoms with Crippen LogP contribution in [0.25, 0.3) is 0 Å². The first-order valence-electron chi connectivity index (χ1n) is 5.18. The lowest BCUT2D eigenvalue weighted by atomic mass is 9.90. The third-order valence-corrected chi connectivity index (χ3v) is 4.43. The third kappa shape index (κ3) is 2.21. The van der Waals surface area contributed by atoms with Crippen molar-refractivity contribution in [3.05, 3.63) is 34.1 Å². The summed E-state index contributed by atoms with van der Waals surface area (Å²) in [5, 5.41) is 0.188. The summed E-state index contributed by atoms with van der Waals surface area (Å²) >= 11 is 9.54. The third-order valence-electron chi connectivity index (χ3n) is 3.32. The predicted octanol–water partition coefficient (Wildman–Crippen LogP) is 4.71.